The van der Waals surface area contributed by atoms with Crippen LogP contribution in [0.15, 0.2) is 24.3 Å². The second kappa shape index (κ2) is 4.65. The van der Waals surface area contributed by atoms with Gasteiger partial charge in [-0.05, 0) is 11.6 Å². The first-order valence-electron chi connectivity index (χ1n) is 4.84. The number of benzene rings is 1. The molecule has 0 unspecified atom stereocenters. The van der Waals surface area contributed by atoms with Gasteiger partial charge in [0.2, 0.25) is 0 Å². The molecule has 1 heterocycles. The number of fused-ring (bicyclic) bond motifs is 1. The van der Waals surface area contributed by atoms with E-state index in [9.17, 15) is 4.79 Å². The highest BCUT2D eigenvalue weighted by Gasteiger charge is 2.25. The number of aliphatic carboxylic acids is 1. The Morgan fingerprint density at radius 3 is 2.64 bits per heavy atom. The van der Waals surface area contributed by atoms with Crippen LogP contribution in [0.2, 0.25) is 0 Å². The number of carboxylic acids is 1. The third-order valence-electron chi connectivity index (χ3n) is 2.07. The SMILES string of the molecule is CC.O=C(O)[C@@H]1Cc2ccccc2N1. The van der Waals surface area contributed by atoms with Crippen molar-refractivity contribution < 1.29 is 9.90 Å². The summed E-state index contributed by atoms with van der Waals surface area (Å²) >= 11 is 0. The summed E-state index contributed by atoms with van der Waals surface area (Å²) in [7, 11) is 0. The molecule has 3 nitrogen and oxygen atoms in total. The quantitative estimate of drug-likeness (QED) is 0.718. The summed E-state index contributed by atoms with van der Waals surface area (Å²) in [6.07, 6.45) is 0.589. The molecule has 1 aliphatic heterocycles. The molecule has 1 aliphatic rings. The summed E-state index contributed by atoms with van der Waals surface area (Å²) in [5.74, 6) is -0.786. The smallest absolute Gasteiger partial charge is 0.326 e. The molecule has 0 amide bonds. The van der Waals surface area contributed by atoms with E-state index in [2.05, 4.69) is 5.32 Å². The Morgan fingerprint density at radius 1 is 1.43 bits per heavy atom. The lowest BCUT2D eigenvalue weighted by Crippen LogP contribution is -2.26. The molecule has 1 aromatic rings. The fourth-order valence-electron chi connectivity index (χ4n) is 1.45. The number of carbonyl (C=O) groups is 1. The van der Waals surface area contributed by atoms with Crippen LogP contribution >= 0.6 is 0 Å². The summed E-state index contributed by atoms with van der Waals surface area (Å²) < 4.78 is 0. The highest BCUT2D eigenvalue weighted by Crippen LogP contribution is 2.24. The summed E-state index contributed by atoms with van der Waals surface area (Å²) in [5.41, 5.74) is 2.04. The maximum absolute atomic E-state index is 10.6. The minimum Gasteiger partial charge on any atom is -0.480 e. The molecule has 0 aliphatic carbocycles. The van der Waals surface area contributed by atoms with Crippen molar-refractivity contribution in [1.82, 2.24) is 0 Å². The highest BCUT2D eigenvalue weighted by atomic mass is 16.4. The lowest BCUT2D eigenvalue weighted by atomic mass is 10.1. The third kappa shape index (κ3) is 2.05. The molecule has 3 heteroatoms. The van der Waals surface area contributed by atoms with Gasteiger partial charge < -0.3 is 10.4 Å². The van der Waals surface area contributed by atoms with Gasteiger partial charge in [0.15, 0.2) is 0 Å². The van der Waals surface area contributed by atoms with Gasteiger partial charge in [-0.2, -0.15) is 0 Å². The molecule has 76 valence electrons. The minimum absolute atomic E-state index is 0.442. The van der Waals surface area contributed by atoms with Gasteiger partial charge in [0.25, 0.3) is 0 Å². The fourth-order valence-corrected chi connectivity index (χ4v) is 1.45. The van der Waals surface area contributed by atoms with Crippen molar-refractivity contribution in [3.63, 3.8) is 0 Å². The van der Waals surface area contributed by atoms with Crippen molar-refractivity contribution in [3.8, 4) is 0 Å². The first-order valence-corrected chi connectivity index (χ1v) is 4.84. The van der Waals surface area contributed by atoms with Crippen molar-refractivity contribution >= 4 is 11.7 Å². The number of anilines is 1. The number of hydrogen-bond acceptors (Lipinski definition) is 2. The molecule has 2 rings (SSSR count). The van der Waals surface area contributed by atoms with Crippen LogP contribution in [0, 0.1) is 0 Å². The zero-order valence-corrected chi connectivity index (χ0v) is 8.45. The zero-order chi connectivity index (χ0) is 10.6. The van der Waals surface area contributed by atoms with Crippen LogP contribution in [0.5, 0.6) is 0 Å². The Balaban J connectivity index is 0.000000461. The zero-order valence-electron chi connectivity index (χ0n) is 8.45. The second-order valence-electron chi connectivity index (χ2n) is 2.90. The molecule has 0 bridgehead atoms. The van der Waals surface area contributed by atoms with E-state index in [1.807, 2.05) is 38.1 Å². The topological polar surface area (TPSA) is 49.3 Å². The molecule has 0 saturated carbocycles. The van der Waals surface area contributed by atoms with Crippen molar-refractivity contribution in [2.24, 2.45) is 0 Å². The van der Waals surface area contributed by atoms with Gasteiger partial charge in [0.05, 0.1) is 0 Å². The van der Waals surface area contributed by atoms with E-state index in [1.165, 1.54) is 0 Å². The molecule has 0 saturated heterocycles. The summed E-state index contributed by atoms with van der Waals surface area (Å²) in [6, 6.07) is 7.23. The largest absolute Gasteiger partial charge is 0.480 e. The van der Waals surface area contributed by atoms with Gasteiger partial charge in [-0.3, -0.25) is 0 Å². The van der Waals surface area contributed by atoms with Crippen LogP contribution in [-0.2, 0) is 11.2 Å². The van der Waals surface area contributed by atoms with E-state index in [0.29, 0.717) is 6.42 Å². The van der Waals surface area contributed by atoms with Crippen molar-refractivity contribution in [2.45, 2.75) is 26.3 Å². The molecule has 1 atom stereocenters. The molecule has 2 N–H and O–H groups in total. The number of carboxylic acid groups (broad SMARTS) is 1. The average molecular weight is 193 g/mol. The molecule has 0 radical (unpaired) electrons. The average Bonchev–Trinajstić information content (AvgIpc) is 2.64. The van der Waals surface area contributed by atoms with Crippen LogP contribution in [0.1, 0.15) is 19.4 Å². The molecule has 14 heavy (non-hydrogen) atoms. The van der Waals surface area contributed by atoms with E-state index >= 15 is 0 Å². The Hall–Kier alpha value is -1.51. The van der Waals surface area contributed by atoms with E-state index in [4.69, 9.17) is 5.11 Å². The van der Waals surface area contributed by atoms with E-state index in [1.54, 1.807) is 0 Å². The number of nitrogens with one attached hydrogen (secondary N) is 1. The van der Waals surface area contributed by atoms with E-state index < -0.39 is 12.0 Å². The number of rotatable bonds is 1. The Labute approximate surface area is 83.8 Å². The normalized spacial score (nSPS) is 17.4. The highest BCUT2D eigenvalue weighted by molar-refractivity contribution is 5.81. The van der Waals surface area contributed by atoms with E-state index in [0.717, 1.165) is 11.3 Å². The van der Waals surface area contributed by atoms with Gasteiger partial charge in [0, 0.05) is 12.1 Å². The molecular formula is C11H15NO2. The minimum atomic E-state index is -0.786. The van der Waals surface area contributed by atoms with Crippen LogP contribution in [0.4, 0.5) is 5.69 Å². The second-order valence-corrected chi connectivity index (χ2v) is 2.90. The molecule has 0 fully saturated rings. The van der Waals surface area contributed by atoms with Gasteiger partial charge in [-0.15, -0.1) is 0 Å². The number of para-hydroxylation sites is 1. The maximum atomic E-state index is 10.6. The Kier molecular flexibility index (Phi) is 3.51. The van der Waals surface area contributed by atoms with E-state index in [-0.39, 0.29) is 0 Å². The monoisotopic (exact) mass is 193 g/mol. The van der Waals surface area contributed by atoms with Crippen molar-refractivity contribution in [2.75, 3.05) is 5.32 Å². The van der Waals surface area contributed by atoms with Crippen LogP contribution < -0.4 is 5.32 Å². The maximum Gasteiger partial charge on any atom is 0.326 e. The number of hydrogen-bond donors (Lipinski definition) is 2. The van der Waals surface area contributed by atoms with Crippen molar-refractivity contribution in [1.29, 1.82) is 0 Å². The van der Waals surface area contributed by atoms with Crippen LogP contribution in [0.3, 0.4) is 0 Å². The third-order valence-corrected chi connectivity index (χ3v) is 2.07. The van der Waals surface area contributed by atoms with Crippen LogP contribution in [-0.4, -0.2) is 17.1 Å². The lowest BCUT2D eigenvalue weighted by Gasteiger charge is -2.02. The summed E-state index contributed by atoms with van der Waals surface area (Å²) in [5, 5.41) is 11.7. The molecule has 0 spiro atoms. The molecule has 1 aromatic carbocycles. The summed E-state index contributed by atoms with van der Waals surface area (Å²) in [4.78, 5) is 10.6. The first kappa shape index (κ1) is 10.6. The molecule has 0 aromatic heterocycles. The predicted octanol–water partition coefficient (Wildman–Crippen LogP) is 2.13. The lowest BCUT2D eigenvalue weighted by molar-refractivity contribution is -0.137. The first-order chi connectivity index (χ1) is 6.77. The molecular weight excluding hydrogens is 178 g/mol. The van der Waals surface area contributed by atoms with Gasteiger partial charge in [-0.1, -0.05) is 32.0 Å². The Morgan fingerprint density at radius 2 is 2.07 bits per heavy atom. The Bertz CT molecular complexity index is 298. The predicted molar refractivity (Wildman–Crippen MR) is 56.5 cm³/mol. The standard InChI is InChI=1S/C9H9NO2.C2H6/c11-9(12)8-5-6-3-1-2-4-7(6)10-8;1-2/h1-4,8,10H,5H2,(H,11,12);1-2H3/t8-;/m0./s1. The van der Waals surface area contributed by atoms with Crippen molar-refractivity contribution in [3.05, 3.63) is 29.8 Å². The summed E-state index contributed by atoms with van der Waals surface area (Å²) in [6.45, 7) is 4.00. The fraction of sp³-hybridized carbons (Fsp3) is 0.364. The van der Waals surface area contributed by atoms with Gasteiger partial charge >= 0.3 is 5.97 Å². The van der Waals surface area contributed by atoms with Gasteiger partial charge in [-0.25, -0.2) is 4.79 Å². The van der Waals surface area contributed by atoms with Gasteiger partial charge in [0.1, 0.15) is 6.04 Å². The van der Waals surface area contributed by atoms with Crippen LogP contribution in [0.25, 0.3) is 0 Å².